The molecule has 0 unspecified atom stereocenters. The van der Waals surface area contributed by atoms with Crippen LogP contribution >= 0.6 is 0 Å². The van der Waals surface area contributed by atoms with Gasteiger partial charge in [0.2, 0.25) is 11.6 Å². The Morgan fingerprint density at radius 2 is 2.10 bits per heavy atom. The fourth-order valence-corrected chi connectivity index (χ4v) is 2.65. The summed E-state index contributed by atoms with van der Waals surface area (Å²) in [4.78, 5) is 20.3. The van der Waals surface area contributed by atoms with Gasteiger partial charge in [0.1, 0.15) is 6.33 Å². The number of aromatic amines is 1. The van der Waals surface area contributed by atoms with Crippen molar-refractivity contribution in [2.24, 2.45) is 17.6 Å². The van der Waals surface area contributed by atoms with Gasteiger partial charge in [0.05, 0.1) is 0 Å². The summed E-state index contributed by atoms with van der Waals surface area (Å²) in [5, 5.41) is 13.1. The summed E-state index contributed by atoms with van der Waals surface area (Å²) >= 11 is 0. The van der Waals surface area contributed by atoms with Crippen molar-refractivity contribution in [3.8, 4) is 0 Å². The summed E-state index contributed by atoms with van der Waals surface area (Å²) in [7, 11) is 0. The Balaban J connectivity index is 1.69. The molecule has 2 aromatic rings. The average molecular weight is 275 g/mol. The number of amides is 1. The fraction of sp³-hybridized carbons (Fsp3) is 0.583. The largest absolute Gasteiger partial charge is 0.330 e. The van der Waals surface area contributed by atoms with Crippen molar-refractivity contribution in [2.45, 2.75) is 25.7 Å². The van der Waals surface area contributed by atoms with Crippen molar-refractivity contribution < 1.29 is 4.79 Å². The Labute approximate surface area is 115 Å². The second-order valence-corrected chi connectivity index (χ2v) is 5.16. The normalized spacial score (nSPS) is 22.9. The second kappa shape index (κ2) is 5.49. The van der Waals surface area contributed by atoms with Gasteiger partial charge in [-0.1, -0.05) is 0 Å². The molecule has 0 spiro atoms. The Bertz CT molecular complexity index is 603. The third-order valence-electron chi connectivity index (χ3n) is 3.91. The zero-order valence-corrected chi connectivity index (χ0v) is 11.0. The standard InChI is InChI=1S/C12H17N7O/c13-5-7-1-3-8(4-2-7)12(20)16-10-9-11(15-6-14-10)18-19-17-9/h6-8H,1-5,13H2,(H2,14,15,16,17,18,19,20). The van der Waals surface area contributed by atoms with E-state index in [2.05, 4.69) is 30.7 Å². The van der Waals surface area contributed by atoms with Crippen LogP contribution < -0.4 is 11.1 Å². The molecule has 0 bridgehead atoms. The number of carbonyl (C=O) groups is 1. The lowest BCUT2D eigenvalue weighted by Gasteiger charge is -2.26. The minimum absolute atomic E-state index is 0.0107. The SMILES string of the molecule is NCC1CCC(C(=O)Nc2ncnc3n[nH]nc23)CC1. The molecule has 1 amide bonds. The van der Waals surface area contributed by atoms with E-state index >= 15 is 0 Å². The smallest absolute Gasteiger partial charge is 0.228 e. The molecule has 8 heteroatoms. The number of fused-ring (bicyclic) bond motifs is 1. The van der Waals surface area contributed by atoms with Crippen molar-refractivity contribution in [3.63, 3.8) is 0 Å². The van der Waals surface area contributed by atoms with Crippen LogP contribution in [0.25, 0.3) is 11.2 Å². The molecule has 1 aliphatic rings. The van der Waals surface area contributed by atoms with Crippen LogP contribution in [0.3, 0.4) is 0 Å². The van der Waals surface area contributed by atoms with E-state index in [0.29, 0.717) is 29.4 Å². The van der Waals surface area contributed by atoms with Gasteiger partial charge in [-0.3, -0.25) is 4.79 Å². The van der Waals surface area contributed by atoms with Crippen LogP contribution in [0.5, 0.6) is 0 Å². The van der Waals surface area contributed by atoms with E-state index in [-0.39, 0.29) is 11.8 Å². The molecule has 2 heterocycles. The van der Waals surface area contributed by atoms with Crippen molar-refractivity contribution in [1.82, 2.24) is 25.4 Å². The molecular weight excluding hydrogens is 258 g/mol. The summed E-state index contributed by atoms with van der Waals surface area (Å²) in [5.41, 5.74) is 6.59. The number of nitrogens with two attached hydrogens (primary N) is 1. The molecule has 1 fully saturated rings. The highest BCUT2D eigenvalue weighted by Gasteiger charge is 2.26. The Morgan fingerprint density at radius 1 is 1.30 bits per heavy atom. The van der Waals surface area contributed by atoms with E-state index in [4.69, 9.17) is 5.73 Å². The maximum atomic E-state index is 12.3. The van der Waals surface area contributed by atoms with Gasteiger partial charge in [-0.2, -0.15) is 10.3 Å². The van der Waals surface area contributed by atoms with Gasteiger partial charge in [-0.15, -0.1) is 5.10 Å². The van der Waals surface area contributed by atoms with Gasteiger partial charge in [0.15, 0.2) is 11.3 Å². The molecule has 20 heavy (non-hydrogen) atoms. The van der Waals surface area contributed by atoms with Crippen LogP contribution in [-0.4, -0.2) is 37.8 Å². The van der Waals surface area contributed by atoms with E-state index in [1.807, 2.05) is 0 Å². The summed E-state index contributed by atoms with van der Waals surface area (Å²) in [5.74, 6) is 0.980. The number of hydrogen-bond donors (Lipinski definition) is 3. The molecule has 0 radical (unpaired) electrons. The van der Waals surface area contributed by atoms with Crippen LogP contribution in [-0.2, 0) is 4.79 Å². The number of hydrogen-bond acceptors (Lipinski definition) is 6. The maximum Gasteiger partial charge on any atom is 0.228 e. The molecule has 2 aromatic heterocycles. The van der Waals surface area contributed by atoms with Crippen LogP contribution in [0.4, 0.5) is 5.82 Å². The lowest BCUT2D eigenvalue weighted by atomic mass is 9.81. The Hall–Kier alpha value is -2.09. The molecule has 0 atom stereocenters. The minimum atomic E-state index is -0.0107. The van der Waals surface area contributed by atoms with Crippen LogP contribution in [0.2, 0.25) is 0 Å². The second-order valence-electron chi connectivity index (χ2n) is 5.16. The van der Waals surface area contributed by atoms with E-state index in [1.54, 1.807) is 0 Å². The van der Waals surface area contributed by atoms with Gasteiger partial charge in [-0.05, 0) is 38.1 Å². The molecule has 0 saturated heterocycles. The van der Waals surface area contributed by atoms with Gasteiger partial charge in [0, 0.05) is 5.92 Å². The Morgan fingerprint density at radius 3 is 2.85 bits per heavy atom. The predicted molar refractivity (Wildman–Crippen MR) is 72.6 cm³/mol. The third-order valence-corrected chi connectivity index (χ3v) is 3.91. The first-order valence-corrected chi connectivity index (χ1v) is 6.80. The number of carbonyl (C=O) groups excluding carboxylic acids is 1. The fourth-order valence-electron chi connectivity index (χ4n) is 2.65. The third kappa shape index (κ3) is 2.46. The van der Waals surface area contributed by atoms with E-state index in [0.717, 1.165) is 25.7 Å². The topological polar surface area (TPSA) is 122 Å². The van der Waals surface area contributed by atoms with Crippen LogP contribution in [0.1, 0.15) is 25.7 Å². The van der Waals surface area contributed by atoms with Crippen LogP contribution in [0.15, 0.2) is 6.33 Å². The monoisotopic (exact) mass is 275 g/mol. The lowest BCUT2D eigenvalue weighted by molar-refractivity contribution is -0.121. The molecule has 3 rings (SSSR count). The zero-order valence-electron chi connectivity index (χ0n) is 11.0. The molecule has 0 aromatic carbocycles. The number of nitrogens with one attached hydrogen (secondary N) is 2. The number of aromatic nitrogens is 5. The van der Waals surface area contributed by atoms with Gasteiger partial charge in [-0.25, -0.2) is 9.97 Å². The summed E-state index contributed by atoms with van der Waals surface area (Å²) in [6.45, 7) is 0.708. The molecule has 106 valence electrons. The summed E-state index contributed by atoms with van der Waals surface area (Å²) in [6, 6.07) is 0. The first-order valence-electron chi connectivity index (χ1n) is 6.80. The van der Waals surface area contributed by atoms with Crippen molar-refractivity contribution in [1.29, 1.82) is 0 Å². The van der Waals surface area contributed by atoms with E-state index in [1.165, 1.54) is 6.33 Å². The molecule has 1 saturated carbocycles. The number of H-pyrrole nitrogens is 1. The molecule has 8 nitrogen and oxygen atoms in total. The first-order chi connectivity index (χ1) is 9.78. The zero-order chi connectivity index (χ0) is 13.9. The highest BCUT2D eigenvalue weighted by molar-refractivity contribution is 5.97. The van der Waals surface area contributed by atoms with E-state index < -0.39 is 0 Å². The Kier molecular flexibility index (Phi) is 3.55. The van der Waals surface area contributed by atoms with Crippen molar-refractivity contribution in [3.05, 3.63) is 6.33 Å². The maximum absolute atomic E-state index is 12.3. The number of nitrogens with zero attached hydrogens (tertiary/aromatic N) is 4. The highest BCUT2D eigenvalue weighted by atomic mass is 16.1. The number of rotatable bonds is 3. The predicted octanol–water partition coefficient (Wildman–Crippen LogP) is 0.451. The van der Waals surface area contributed by atoms with Gasteiger partial charge >= 0.3 is 0 Å². The lowest BCUT2D eigenvalue weighted by Crippen LogP contribution is -2.29. The van der Waals surface area contributed by atoms with Crippen molar-refractivity contribution >= 4 is 22.9 Å². The van der Waals surface area contributed by atoms with Crippen molar-refractivity contribution in [2.75, 3.05) is 11.9 Å². The summed E-state index contributed by atoms with van der Waals surface area (Å²) in [6.07, 6.45) is 5.14. The average Bonchev–Trinajstić information content (AvgIpc) is 2.97. The van der Waals surface area contributed by atoms with Crippen LogP contribution in [0, 0.1) is 11.8 Å². The molecular formula is C12H17N7O. The van der Waals surface area contributed by atoms with E-state index in [9.17, 15) is 4.79 Å². The quantitative estimate of drug-likeness (QED) is 0.747. The number of anilines is 1. The first kappa shape index (κ1) is 12.9. The highest BCUT2D eigenvalue weighted by Crippen LogP contribution is 2.29. The molecule has 1 aliphatic carbocycles. The molecule has 0 aliphatic heterocycles. The van der Waals surface area contributed by atoms with Gasteiger partial charge < -0.3 is 11.1 Å². The molecule has 4 N–H and O–H groups in total. The summed E-state index contributed by atoms with van der Waals surface area (Å²) < 4.78 is 0. The van der Waals surface area contributed by atoms with Gasteiger partial charge in [0.25, 0.3) is 0 Å². The minimum Gasteiger partial charge on any atom is -0.330 e.